The summed E-state index contributed by atoms with van der Waals surface area (Å²) >= 11 is 0. The van der Waals surface area contributed by atoms with E-state index in [9.17, 15) is 47.4 Å². The second kappa shape index (κ2) is 21.1. The number of rotatable bonds is 8. The van der Waals surface area contributed by atoms with Gasteiger partial charge in [0.25, 0.3) is 0 Å². The summed E-state index contributed by atoms with van der Waals surface area (Å²) in [5.41, 5.74) is 5.52. The molecule has 0 atom stereocenters. The molecule has 0 saturated carbocycles. The molecule has 2 aromatic heterocycles. The smallest absolute Gasteiger partial charge is 0.309 e. The fraction of sp³-hybridized carbons (Fsp3) is 0.0411. The van der Waals surface area contributed by atoms with E-state index in [-0.39, 0.29) is 28.4 Å². The van der Waals surface area contributed by atoms with Gasteiger partial charge in [0, 0.05) is 32.7 Å². The Bertz CT molecular complexity index is 5130. The lowest BCUT2D eigenvalue weighted by Crippen LogP contribution is -2.12. The fourth-order valence-electron chi connectivity index (χ4n) is 11.8. The van der Waals surface area contributed by atoms with Gasteiger partial charge in [-0.25, -0.2) is 0 Å². The highest BCUT2D eigenvalue weighted by atomic mass is 19.4. The van der Waals surface area contributed by atoms with Crippen molar-refractivity contribution in [3.63, 3.8) is 0 Å². The maximum atomic E-state index is 15.3. The van der Waals surface area contributed by atoms with Crippen LogP contribution in [0.4, 0.5) is 39.5 Å². The van der Waals surface area contributed by atoms with E-state index in [1.54, 1.807) is 103 Å². The maximum Gasteiger partial charge on any atom is 0.417 e. The minimum Gasteiger partial charge on any atom is -0.309 e. The van der Waals surface area contributed by atoms with E-state index in [2.05, 4.69) is 24.3 Å². The van der Waals surface area contributed by atoms with Gasteiger partial charge in [-0.05, 0) is 189 Å². The van der Waals surface area contributed by atoms with Crippen LogP contribution >= 0.6 is 0 Å². The first kappa shape index (κ1) is 55.5. The molecule has 0 unspecified atom stereocenters. The molecule has 0 radical (unpaired) electrons. The molecule has 6 nitrogen and oxygen atoms in total. The fourth-order valence-corrected chi connectivity index (χ4v) is 11.8. The van der Waals surface area contributed by atoms with Crippen LogP contribution in [0.1, 0.15) is 38.9 Å². The number of alkyl halides is 9. The Balaban J connectivity index is 1.13. The molecule has 0 aliphatic heterocycles. The molecule has 0 saturated heterocycles. The quantitative estimate of drug-likeness (QED) is 0.141. The Labute approximate surface area is 495 Å². The molecule has 88 heavy (non-hydrogen) atoms. The van der Waals surface area contributed by atoms with Crippen molar-refractivity contribution in [2.24, 2.45) is 0 Å². The summed E-state index contributed by atoms with van der Waals surface area (Å²) in [5, 5.41) is 42.9. The van der Waals surface area contributed by atoms with Gasteiger partial charge in [-0.2, -0.15) is 60.6 Å². The summed E-state index contributed by atoms with van der Waals surface area (Å²) in [5.74, 6) is 0. The molecule has 13 rings (SSSR count). The first-order chi connectivity index (χ1) is 42.3. The molecule has 15 heteroatoms. The molecule has 13 aromatic rings. The minimum absolute atomic E-state index is 0.0931. The Hall–Kier alpha value is -11.7. The van der Waals surface area contributed by atoms with Crippen LogP contribution in [0, 0.1) is 45.3 Å². The third kappa shape index (κ3) is 9.87. The van der Waals surface area contributed by atoms with Gasteiger partial charge in [-0.3, -0.25) is 0 Å². The molecule has 0 aliphatic carbocycles. The van der Waals surface area contributed by atoms with Crippen molar-refractivity contribution in [3.8, 4) is 102 Å². The van der Waals surface area contributed by atoms with Crippen molar-refractivity contribution < 1.29 is 39.5 Å². The highest BCUT2D eigenvalue weighted by molar-refractivity contribution is 6.14. The van der Waals surface area contributed by atoms with Gasteiger partial charge < -0.3 is 9.13 Å². The zero-order chi connectivity index (χ0) is 61.4. The van der Waals surface area contributed by atoms with E-state index in [0.29, 0.717) is 122 Å². The van der Waals surface area contributed by atoms with Crippen LogP contribution in [0.5, 0.6) is 0 Å². The van der Waals surface area contributed by atoms with E-state index in [0.717, 1.165) is 18.2 Å². The number of hydrogen-bond acceptors (Lipinski definition) is 4. The highest BCUT2D eigenvalue weighted by Gasteiger charge is 2.39. The summed E-state index contributed by atoms with van der Waals surface area (Å²) in [6.45, 7) is 0. The zero-order valence-electron chi connectivity index (χ0n) is 45.4. The second-order valence-electron chi connectivity index (χ2n) is 21.1. The Morgan fingerprint density at radius 2 is 0.625 bits per heavy atom. The summed E-state index contributed by atoms with van der Waals surface area (Å²) in [4.78, 5) is 0. The molecule has 0 N–H and O–H groups in total. The van der Waals surface area contributed by atoms with Gasteiger partial charge in [0.15, 0.2) is 0 Å². The van der Waals surface area contributed by atoms with E-state index >= 15 is 13.2 Å². The van der Waals surface area contributed by atoms with Crippen molar-refractivity contribution in [1.82, 2.24) is 9.13 Å². The van der Waals surface area contributed by atoms with E-state index in [1.165, 1.54) is 18.2 Å². The van der Waals surface area contributed by atoms with Crippen molar-refractivity contribution in [1.29, 1.82) is 21.0 Å². The number of aromatic nitrogens is 2. The molecule has 0 fully saturated rings. The lowest BCUT2D eigenvalue weighted by atomic mass is 9.92. The van der Waals surface area contributed by atoms with Gasteiger partial charge in [0.05, 0.1) is 96.7 Å². The average Bonchev–Trinajstić information content (AvgIpc) is 1.71. The van der Waals surface area contributed by atoms with E-state index in [1.807, 2.05) is 81.9 Å². The topological polar surface area (TPSA) is 105 Å². The highest BCUT2D eigenvalue weighted by Crippen LogP contribution is 2.48. The number of fused-ring (bicyclic) bond motifs is 6. The standard InChI is InChI=1S/C73H37F9N6/c74-71(75,76)55-12-4-11-49(31-55)53-18-24-67-61(35-53)60-32-50(46-8-1-5-42(27-46)38-83)15-23-66(60)87(67)65-22-13-45(41-86)30-59(65)58-20-14-54(57-21-19-56(72(77,78)79)37-64(57)73(80,81)82)36-70(58)88-68-25-16-51(47-9-2-6-43(28-47)39-84)33-62(68)63-34-52(17-26-69(63)88)48-10-3-7-44(29-48)40-85/h1-37H. The molecule has 2 heterocycles. The molecule has 0 aliphatic rings. The summed E-state index contributed by atoms with van der Waals surface area (Å²) in [6, 6.07) is 67.8. The number of nitriles is 4. The zero-order valence-corrected chi connectivity index (χ0v) is 45.4. The largest absolute Gasteiger partial charge is 0.417 e. The van der Waals surface area contributed by atoms with Crippen LogP contribution in [0.25, 0.3) is 122 Å². The van der Waals surface area contributed by atoms with Crippen molar-refractivity contribution >= 4 is 43.6 Å². The molecule has 0 bridgehead atoms. The number of nitrogens with zero attached hydrogens (tertiary/aromatic N) is 6. The molecule has 422 valence electrons. The normalized spacial score (nSPS) is 11.9. The number of hydrogen-bond donors (Lipinski definition) is 0. The summed E-state index contributed by atoms with van der Waals surface area (Å²) < 4.78 is 135. The molecular formula is C73H37F9N6. The molecule has 0 amide bonds. The molecule has 0 spiro atoms. The third-order valence-corrected chi connectivity index (χ3v) is 15.9. The van der Waals surface area contributed by atoms with Crippen LogP contribution in [-0.2, 0) is 18.5 Å². The van der Waals surface area contributed by atoms with Gasteiger partial charge in [-0.15, -0.1) is 0 Å². The summed E-state index contributed by atoms with van der Waals surface area (Å²) in [6.07, 6.45) is -15.0. The third-order valence-electron chi connectivity index (χ3n) is 15.9. The van der Waals surface area contributed by atoms with Crippen LogP contribution < -0.4 is 0 Å². The van der Waals surface area contributed by atoms with Crippen molar-refractivity contribution in [3.05, 3.63) is 263 Å². The monoisotopic (exact) mass is 1170 g/mol. The Morgan fingerprint density at radius 3 is 1.05 bits per heavy atom. The lowest BCUT2D eigenvalue weighted by Gasteiger charge is -2.21. The molecule has 11 aromatic carbocycles. The van der Waals surface area contributed by atoms with E-state index < -0.39 is 40.8 Å². The van der Waals surface area contributed by atoms with E-state index in [4.69, 9.17) is 0 Å². The molecular weight excluding hydrogens is 1130 g/mol. The van der Waals surface area contributed by atoms with Gasteiger partial charge in [0.1, 0.15) is 0 Å². The average molecular weight is 1170 g/mol. The Kier molecular flexibility index (Phi) is 13.3. The van der Waals surface area contributed by atoms with Crippen molar-refractivity contribution in [2.75, 3.05) is 0 Å². The predicted octanol–water partition coefficient (Wildman–Crippen LogP) is 20.4. The first-order valence-corrected chi connectivity index (χ1v) is 27.1. The maximum absolute atomic E-state index is 15.3. The van der Waals surface area contributed by atoms with Crippen LogP contribution in [0.15, 0.2) is 224 Å². The van der Waals surface area contributed by atoms with Gasteiger partial charge in [-0.1, -0.05) is 91.0 Å². The van der Waals surface area contributed by atoms with Gasteiger partial charge in [0.2, 0.25) is 0 Å². The Morgan fingerprint density at radius 1 is 0.261 bits per heavy atom. The summed E-state index contributed by atoms with van der Waals surface area (Å²) in [7, 11) is 0. The minimum atomic E-state index is -5.26. The SMILES string of the molecule is N#Cc1cccc(-c2ccc3c(c2)c2cc(-c4cccc(C(F)(F)F)c4)ccc2n3-c2ccc(C#N)cc2-c2ccc(-c3ccc(C(F)(F)F)cc3C(F)(F)F)cc2-n2c3ccc(-c4cccc(C#N)c4)cc3c3cc(-c4cccc(C#N)c4)ccc32)c1. The first-order valence-electron chi connectivity index (χ1n) is 27.1. The lowest BCUT2D eigenvalue weighted by molar-refractivity contribution is -0.143. The van der Waals surface area contributed by atoms with Crippen molar-refractivity contribution in [2.45, 2.75) is 18.5 Å². The predicted molar refractivity (Wildman–Crippen MR) is 322 cm³/mol. The second-order valence-corrected chi connectivity index (χ2v) is 21.1. The van der Waals surface area contributed by atoms with Gasteiger partial charge >= 0.3 is 18.5 Å². The van der Waals surface area contributed by atoms with Crippen LogP contribution in [0.2, 0.25) is 0 Å². The van der Waals surface area contributed by atoms with Crippen LogP contribution in [0.3, 0.4) is 0 Å². The number of halogens is 9. The number of benzene rings is 11. The van der Waals surface area contributed by atoms with Crippen LogP contribution in [-0.4, -0.2) is 9.13 Å².